The molecule has 2 heterocycles. The van der Waals surface area contributed by atoms with Crippen molar-refractivity contribution in [2.75, 3.05) is 19.0 Å². The van der Waals surface area contributed by atoms with Gasteiger partial charge in [0.1, 0.15) is 12.4 Å². The average molecular weight is 346 g/mol. The second-order valence-electron chi connectivity index (χ2n) is 5.78. The molecule has 0 aliphatic carbocycles. The van der Waals surface area contributed by atoms with Gasteiger partial charge in [-0.2, -0.15) is 5.10 Å². The van der Waals surface area contributed by atoms with Crippen LogP contribution in [-0.2, 0) is 20.9 Å². The number of hydrogen-bond donors (Lipinski definition) is 1. The molecule has 8 heteroatoms. The van der Waals surface area contributed by atoms with Crippen LogP contribution in [0.2, 0.25) is 0 Å². The van der Waals surface area contributed by atoms with Crippen LogP contribution >= 0.6 is 0 Å². The topological polar surface area (TPSA) is 76.5 Å². The van der Waals surface area contributed by atoms with Crippen LogP contribution < -0.4 is 5.32 Å². The molecule has 0 saturated carbocycles. The minimum absolute atomic E-state index is 0.185. The minimum Gasteiger partial charge on any atom is -0.356 e. The fraction of sp³-hybridized carbons (Fsp3) is 0.353. The molecule has 1 aromatic heterocycles. The Labute approximate surface area is 144 Å². The van der Waals surface area contributed by atoms with Crippen molar-refractivity contribution in [3.05, 3.63) is 47.9 Å². The second kappa shape index (κ2) is 7.02. The average Bonchev–Trinajstić information content (AvgIpc) is 3.05. The van der Waals surface area contributed by atoms with Gasteiger partial charge in [0.25, 0.3) is 5.91 Å². The van der Waals surface area contributed by atoms with E-state index in [0.717, 1.165) is 0 Å². The molecule has 7 nitrogen and oxygen atoms in total. The van der Waals surface area contributed by atoms with Crippen LogP contribution in [0.3, 0.4) is 0 Å². The van der Waals surface area contributed by atoms with Crippen molar-refractivity contribution in [1.29, 1.82) is 0 Å². The van der Waals surface area contributed by atoms with Gasteiger partial charge in [0, 0.05) is 25.9 Å². The SMILES string of the molecule is CCn1ccc(NC(=O)C2OCC(=O)N(C)C2c2ccc(F)cc2)n1. The summed E-state index contributed by atoms with van der Waals surface area (Å²) < 4.78 is 20.4. The summed E-state index contributed by atoms with van der Waals surface area (Å²) in [4.78, 5) is 26.1. The van der Waals surface area contributed by atoms with E-state index >= 15 is 0 Å². The number of amides is 2. The Morgan fingerprint density at radius 2 is 2.08 bits per heavy atom. The minimum atomic E-state index is -0.917. The number of carbonyl (C=O) groups excluding carboxylic acids is 2. The van der Waals surface area contributed by atoms with E-state index in [1.807, 2.05) is 6.92 Å². The summed E-state index contributed by atoms with van der Waals surface area (Å²) >= 11 is 0. The van der Waals surface area contributed by atoms with Crippen molar-refractivity contribution in [1.82, 2.24) is 14.7 Å². The number of ether oxygens (including phenoxy) is 1. The molecule has 25 heavy (non-hydrogen) atoms. The molecule has 1 fully saturated rings. The monoisotopic (exact) mass is 346 g/mol. The van der Waals surface area contributed by atoms with Gasteiger partial charge in [-0.15, -0.1) is 0 Å². The number of aryl methyl sites for hydroxylation is 1. The van der Waals surface area contributed by atoms with Gasteiger partial charge in [0.2, 0.25) is 5.91 Å². The van der Waals surface area contributed by atoms with E-state index in [1.165, 1.54) is 17.0 Å². The van der Waals surface area contributed by atoms with Gasteiger partial charge in [-0.05, 0) is 24.6 Å². The van der Waals surface area contributed by atoms with E-state index < -0.39 is 18.1 Å². The third kappa shape index (κ3) is 3.53. The predicted molar refractivity (Wildman–Crippen MR) is 88.2 cm³/mol. The fourth-order valence-corrected chi connectivity index (χ4v) is 2.79. The number of halogens is 1. The molecule has 0 spiro atoms. The van der Waals surface area contributed by atoms with Crippen molar-refractivity contribution in [2.24, 2.45) is 0 Å². The molecule has 0 radical (unpaired) electrons. The molecule has 2 aromatic rings. The van der Waals surface area contributed by atoms with E-state index in [-0.39, 0.29) is 18.3 Å². The number of rotatable bonds is 4. The van der Waals surface area contributed by atoms with Gasteiger partial charge in [-0.1, -0.05) is 12.1 Å². The first-order valence-electron chi connectivity index (χ1n) is 7.96. The molecule has 2 amide bonds. The number of carbonyl (C=O) groups is 2. The van der Waals surface area contributed by atoms with Gasteiger partial charge in [0.15, 0.2) is 11.9 Å². The molecule has 0 bridgehead atoms. The van der Waals surface area contributed by atoms with Crippen LogP contribution in [0.15, 0.2) is 36.5 Å². The zero-order valence-electron chi connectivity index (χ0n) is 14.0. The molecular formula is C17H19FN4O3. The summed E-state index contributed by atoms with van der Waals surface area (Å²) in [7, 11) is 1.60. The Kier molecular flexibility index (Phi) is 4.80. The van der Waals surface area contributed by atoms with Crippen LogP contribution in [0.1, 0.15) is 18.5 Å². The number of likely N-dealkylation sites (N-methyl/N-ethyl adjacent to an activating group) is 1. The fourth-order valence-electron chi connectivity index (χ4n) is 2.79. The first-order valence-corrected chi connectivity index (χ1v) is 7.96. The van der Waals surface area contributed by atoms with Gasteiger partial charge in [-0.3, -0.25) is 14.3 Å². The van der Waals surface area contributed by atoms with Crippen LogP contribution in [0, 0.1) is 5.82 Å². The molecule has 2 unspecified atom stereocenters. The van der Waals surface area contributed by atoms with Gasteiger partial charge in [-0.25, -0.2) is 4.39 Å². The third-order valence-corrected chi connectivity index (χ3v) is 4.17. The largest absolute Gasteiger partial charge is 0.356 e. The Balaban J connectivity index is 1.84. The number of nitrogens with one attached hydrogen (secondary N) is 1. The van der Waals surface area contributed by atoms with Crippen LogP contribution in [0.5, 0.6) is 0 Å². The number of hydrogen-bond acceptors (Lipinski definition) is 4. The Morgan fingerprint density at radius 1 is 1.36 bits per heavy atom. The summed E-state index contributed by atoms with van der Waals surface area (Å²) in [5.74, 6) is -0.628. The van der Waals surface area contributed by atoms with Crippen LogP contribution in [-0.4, -0.2) is 46.3 Å². The number of aromatic nitrogens is 2. The Morgan fingerprint density at radius 3 is 2.72 bits per heavy atom. The van der Waals surface area contributed by atoms with E-state index in [9.17, 15) is 14.0 Å². The second-order valence-corrected chi connectivity index (χ2v) is 5.78. The van der Waals surface area contributed by atoms with Crippen molar-refractivity contribution in [3.8, 4) is 0 Å². The van der Waals surface area contributed by atoms with E-state index in [2.05, 4.69) is 10.4 Å². The molecule has 1 aromatic carbocycles. The number of nitrogens with zero attached hydrogens (tertiary/aromatic N) is 3. The maximum absolute atomic E-state index is 13.2. The Hall–Kier alpha value is -2.74. The number of benzene rings is 1. The Bertz CT molecular complexity index is 774. The summed E-state index contributed by atoms with van der Waals surface area (Å²) in [5.41, 5.74) is 0.621. The predicted octanol–water partition coefficient (Wildman–Crippen LogP) is 1.58. The normalized spacial score (nSPS) is 20.6. The first-order chi connectivity index (χ1) is 12.0. The molecule has 3 rings (SSSR count). The molecule has 1 N–H and O–H groups in total. The van der Waals surface area contributed by atoms with E-state index in [4.69, 9.17) is 4.74 Å². The van der Waals surface area contributed by atoms with Gasteiger partial charge >= 0.3 is 0 Å². The standard InChI is InChI=1S/C17H19FN4O3/c1-3-22-9-8-13(20-22)19-17(24)16-15(21(2)14(23)10-25-16)11-4-6-12(18)7-5-11/h4-9,15-16H,3,10H2,1-2H3,(H,19,20,24). The smallest absolute Gasteiger partial charge is 0.257 e. The highest BCUT2D eigenvalue weighted by molar-refractivity contribution is 5.95. The van der Waals surface area contributed by atoms with E-state index in [0.29, 0.717) is 17.9 Å². The molecule has 1 aliphatic rings. The summed E-state index contributed by atoms with van der Waals surface area (Å²) in [6, 6.07) is 6.72. The zero-order valence-corrected chi connectivity index (χ0v) is 14.0. The maximum Gasteiger partial charge on any atom is 0.257 e. The van der Waals surface area contributed by atoms with Crippen LogP contribution in [0.25, 0.3) is 0 Å². The summed E-state index contributed by atoms with van der Waals surface area (Å²) in [5, 5.41) is 6.91. The van der Waals surface area contributed by atoms with E-state index in [1.54, 1.807) is 36.1 Å². The molecule has 1 aliphatic heterocycles. The molecule has 2 atom stereocenters. The van der Waals surface area contributed by atoms with Gasteiger partial charge < -0.3 is 15.0 Å². The zero-order chi connectivity index (χ0) is 18.0. The van der Waals surface area contributed by atoms with Gasteiger partial charge in [0.05, 0.1) is 6.04 Å². The maximum atomic E-state index is 13.2. The first kappa shape index (κ1) is 17.1. The lowest BCUT2D eigenvalue weighted by Crippen LogP contribution is -2.51. The lowest BCUT2D eigenvalue weighted by Gasteiger charge is -2.38. The number of anilines is 1. The summed E-state index contributed by atoms with van der Waals surface area (Å²) in [6.45, 7) is 2.44. The summed E-state index contributed by atoms with van der Waals surface area (Å²) in [6.07, 6.45) is 0.838. The van der Waals surface area contributed by atoms with Crippen molar-refractivity contribution in [2.45, 2.75) is 25.6 Å². The van der Waals surface area contributed by atoms with Crippen molar-refractivity contribution < 1.29 is 18.7 Å². The highest BCUT2D eigenvalue weighted by atomic mass is 19.1. The molecular weight excluding hydrogens is 327 g/mol. The number of morpholine rings is 1. The quantitative estimate of drug-likeness (QED) is 0.912. The molecule has 132 valence electrons. The lowest BCUT2D eigenvalue weighted by atomic mass is 9.97. The highest BCUT2D eigenvalue weighted by Crippen LogP contribution is 2.30. The lowest BCUT2D eigenvalue weighted by molar-refractivity contribution is -0.160. The van der Waals surface area contributed by atoms with Crippen molar-refractivity contribution in [3.63, 3.8) is 0 Å². The highest BCUT2D eigenvalue weighted by Gasteiger charge is 2.40. The van der Waals surface area contributed by atoms with Crippen LogP contribution in [0.4, 0.5) is 10.2 Å². The third-order valence-electron chi connectivity index (χ3n) is 4.17. The van der Waals surface area contributed by atoms with Crippen molar-refractivity contribution >= 4 is 17.6 Å². The molecule has 1 saturated heterocycles.